The van der Waals surface area contributed by atoms with Gasteiger partial charge in [0.1, 0.15) is 5.82 Å². The molecule has 0 aliphatic carbocycles. The van der Waals surface area contributed by atoms with Gasteiger partial charge in [-0.1, -0.05) is 49.4 Å². The van der Waals surface area contributed by atoms with E-state index in [1.54, 1.807) is 7.05 Å². The molecule has 3 rings (SSSR count). The van der Waals surface area contributed by atoms with Crippen LogP contribution in [0.25, 0.3) is 11.3 Å². The standard InChI is InChI=1S/C25H32N6O.HI/c1-5-18(2)29-24(32)21-13-11-19(12-14-21)15-28-25(26-3)31(4)17-23-27-16-22(30-23)20-9-7-6-8-10-20;/h6-14,16,18H,5,15,17H2,1-4H3,(H,26,28)(H,27,30)(H,29,32);1H. The molecule has 3 aromatic rings. The van der Waals surface area contributed by atoms with Gasteiger partial charge < -0.3 is 20.5 Å². The summed E-state index contributed by atoms with van der Waals surface area (Å²) in [4.78, 5) is 26.5. The van der Waals surface area contributed by atoms with E-state index >= 15 is 0 Å². The fourth-order valence-corrected chi connectivity index (χ4v) is 3.26. The minimum absolute atomic E-state index is 0. The number of hydrogen-bond acceptors (Lipinski definition) is 3. The van der Waals surface area contributed by atoms with Crippen molar-refractivity contribution in [3.63, 3.8) is 0 Å². The molecule has 0 saturated heterocycles. The number of aromatic nitrogens is 2. The second-order valence-electron chi connectivity index (χ2n) is 7.85. The summed E-state index contributed by atoms with van der Waals surface area (Å²) in [5, 5.41) is 6.35. The van der Waals surface area contributed by atoms with Crippen LogP contribution in [0.5, 0.6) is 0 Å². The van der Waals surface area contributed by atoms with Gasteiger partial charge in [-0.15, -0.1) is 24.0 Å². The lowest BCUT2D eigenvalue weighted by Crippen LogP contribution is -2.38. The van der Waals surface area contributed by atoms with Crippen LogP contribution >= 0.6 is 24.0 Å². The number of aromatic amines is 1. The van der Waals surface area contributed by atoms with Gasteiger partial charge in [0.15, 0.2) is 5.96 Å². The molecular weight excluding hydrogens is 527 g/mol. The van der Waals surface area contributed by atoms with Crippen molar-refractivity contribution in [3.8, 4) is 11.3 Å². The van der Waals surface area contributed by atoms with Crippen LogP contribution in [0.2, 0.25) is 0 Å². The van der Waals surface area contributed by atoms with Gasteiger partial charge >= 0.3 is 0 Å². The Balaban J connectivity index is 0.00000385. The molecule has 1 aromatic heterocycles. The summed E-state index contributed by atoms with van der Waals surface area (Å²) in [6.07, 6.45) is 2.76. The summed E-state index contributed by atoms with van der Waals surface area (Å²) in [7, 11) is 3.74. The Hall–Kier alpha value is -2.88. The first kappa shape index (κ1) is 26.4. The molecule has 0 bridgehead atoms. The number of carbonyl (C=O) groups excluding carboxylic acids is 1. The topological polar surface area (TPSA) is 85.4 Å². The first-order valence-electron chi connectivity index (χ1n) is 10.9. The molecule has 176 valence electrons. The van der Waals surface area contributed by atoms with Crippen LogP contribution in [0.3, 0.4) is 0 Å². The molecule has 0 saturated carbocycles. The van der Waals surface area contributed by atoms with Crippen LogP contribution in [0.15, 0.2) is 65.8 Å². The monoisotopic (exact) mass is 560 g/mol. The molecule has 1 amide bonds. The van der Waals surface area contributed by atoms with Gasteiger partial charge in [-0.25, -0.2) is 4.98 Å². The van der Waals surface area contributed by atoms with Crippen molar-refractivity contribution in [2.24, 2.45) is 4.99 Å². The number of benzene rings is 2. The van der Waals surface area contributed by atoms with Crippen molar-refractivity contribution in [1.82, 2.24) is 25.5 Å². The predicted octanol–water partition coefficient (Wildman–Crippen LogP) is 4.43. The highest BCUT2D eigenvalue weighted by Gasteiger charge is 2.11. The first-order valence-corrected chi connectivity index (χ1v) is 10.9. The summed E-state index contributed by atoms with van der Waals surface area (Å²) >= 11 is 0. The minimum Gasteiger partial charge on any atom is -0.352 e. The van der Waals surface area contributed by atoms with E-state index in [-0.39, 0.29) is 35.9 Å². The van der Waals surface area contributed by atoms with Crippen molar-refractivity contribution >= 4 is 35.8 Å². The molecule has 0 aliphatic rings. The Kier molecular flexibility index (Phi) is 10.4. The van der Waals surface area contributed by atoms with Crippen molar-refractivity contribution in [1.29, 1.82) is 0 Å². The van der Waals surface area contributed by atoms with Crippen molar-refractivity contribution in [2.75, 3.05) is 14.1 Å². The molecule has 1 unspecified atom stereocenters. The first-order chi connectivity index (χ1) is 15.5. The number of nitrogens with zero attached hydrogens (tertiary/aromatic N) is 3. The molecule has 0 spiro atoms. The van der Waals surface area contributed by atoms with Gasteiger partial charge in [-0.05, 0) is 36.6 Å². The fourth-order valence-electron chi connectivity index (χ4n) is 3.26. The van der Waals surface area contributed by atoms with E-state index in [0.29, 0.717) is 18.7 Å². The number of H-pyrrole nitrogens is 1. The zero-order chi connectivity index (χ0) is 22.9. The average molecular weight is 560 g/mol. The summed E-state index contributed by atoms with van der Waals surface area (Å²) in [5.41, 5.74) is 3.85. The molecule has 0 radical (unpaired) electrons. The van der Waals surface area contributed by atoms with Crippen LogP contribution in [0.1, 0.15) is 42.0 Å². The Morgan fingerprint density at radius 2 is 1.85 bits per heavy atom. The quantitative estimate of drug-likeness (QED) is 0.216. The van der Waals surface area contributed by atoms with E-state index < -0.39 is 0 Å². The van der Waals surface area contributed by atoms with E-state index in [1.165, 1.54) is 0 Å². The van der Waals surface area contributed by atoms with Crippen LogP contribution in [0, 0.1) is 0 Å². The van der Waals surface area contributed by atoms with Crippen LogP contribution in [-0.4, -0.2) is 46.9 Å². The van der Waals surface area contributed by atoms with Gasteiger partial charge in [-0.2, -0.15) is 0 Å². The highest BCUT2D eigenvalue weighted by molar-refractivity contribution is 14.0. The normalized spacial score (nSPS) is 11.9. The van der Waals surface area contributed by atoms with Gasteiger partial charge in [-0.3, -0.25) is 9.79 Å². The summed E-state index contributed by atoms with van der Waals surface area (Å²) in [5.74, 6) is 1.59. The zero-order valence-corrected chi connectivity index (χ0v) is 22.0. The molecule has 3 N–H and O–H groups in total. The highest BCUT2D eigenvalue weighted by atomic mass is 127. The molecule has 8 heteroatoms. The Morgan fingerprint density at radius 3 is 2.48 bits per heavy atom. The number of halogens is 1. The second kappa shape index (κ2) is 13.0. The maximum atomic E-state index is 12.2. The Morgan fingerprint density at radius 1 is 1.15 bits per heavy atom. The van der Waals surface area contributed by atoms with Crippen LogP contribution in [0.4, 0.5) is 0 Å². The van der Waals surface area contributed by atoms with Gasteiger partial charge in [0.2, 0.25) is 0 Å². The lowest BCUT2D eigenvalue weighted by Gasteiger charge is -2.21. The summed E-state index contributed by atoms with van der Waals surface area (Å²) in [6, 6.07) is 17.9. The lowest BCUT2D eigenvalue weighted by atomic mass is 10.1. The molecule has 0 aliphatic heterocycles. The maximum Gasteiger partial charge on any atom is 0.251 e. The van der Waals surface area contributed by atoms with Gasteiger partial charge in [0.25, 0.3) is 5.91 Å². The molecule has 0 fully saturated rings. The van der Waals surface area contributed by atoms with Gasteiger partial charge in [0, 0.05) is 32.2 Å². The minimum atomic E-state index is -0.0391. The van der Waals surface area contributed by atoms with E-state index in [1.807, 2.05) is 67.5 Å². The van der Waals surface area contributed by atoms with E-state index in [9.17, 15) is 4.79 Å². The molecule has 2 aromatic carbocycles. The second-order valence-corrected chi connectivity index (χ2v) is 7.85. The number of carbonyl (C=O) groups is 1. The van der Waals surface area contributed by atoms with Crippen molar-refractivity contribution in [3.05, 3.63) is 77.7 Å². The third-order valence-electron chi connectivity index (χ3n) is 5.33. The van der Waals surface area contributed by atoms with Gasteiger partial charge in [0.05, 0.1) is 18.4 Å². The molecule has 7 nitrogen and oxygen atoms in total. The van der Waals surface area contributed by atoms with Crippen LogP contribution in [-0.2, 0) is 13.1 Å². The van der Waals surface area contributed by atoms with Crippen LogP contribution < -0.4 is 10.6 Å². The fraction of sp³-hybridized carbons (Fsp3) is 0.320. The number of amides is 1. The number of aliphatic imine (C=N–C) groups is 1. The Labute approximate surface area is 213 Å². The maximum absolute atomic E-state index is 12.2. The predicted molar refractivity (Wildman–Crippen MR) is 145 cm³/mol. The number of imidazole rings is 1. The average Bonchev–Trinajstić information content (AvgIpc) is 3.28. The van der Waals surface area contributed by atoms with Crippen molar-refractivity contribution < 1.29 is 4.79 Å². The SMILES string of the molecule is CCC(C)NC(=O)c1ccc(CNC(=NC)N(C)Cc2ncc(-c3ccccc3)[nH]2)cc1.I. The number of rotatable bonds is 8. The third kappa shape index (κ3) is 7.59. The number of nitrogens with one attached hydrogen (secondary N) is 3. The number of hydrogen-bond donors (Lipinski definition) is 3. The molecule has 1 heterocycles. The Bertz CT molecular complexity index is 1030. The zero-order valence-electron chi connectivity index (χ0n) is 19.6. The molecule has 1 atom stereocenters. The lowest BCUT2D eigenvalue weighted by molar-refractivity contribution is 0.0939. The molecule has 33 heavy (non-hydrogen) atoms. The summed E-state index contributed by atoms with van der Waals surface area (Å²) < 4.78 is 0. The summed E-state index contributed by atoms with van der Waals surface area (Å²) in [6.45, 7) is 5.26. The van der Waals surface area contributed by atoms with E-state index in [4.69, 9.17) is 0 Å². The van der Waals surface area contributed by atoms with Crippen molar-refractivity contribution in [2.45, 2.75) is 39.4 Å². The van der Waals surface area contributed by atoms with E-state index in [2.05, 4.69) is 44.7 Å². The largest absolute Gasteiger partial charge is 0.352 e. The highest BCUT2D eigenvalue weighted by Crippen LogP contribution is 2.16. The third-order valence-corrected chi connectivity index (χ3v) is 5.33. The molecular formula is C25H33IN6O. The number of guanidine groups is 1. The smallest absolute Gasteiger partial charge is 0.251 e. The van der Waals surface area contributed by atoms with E-state index in [0.717, 1.165) is 35.0 Å².